The van der Waals surface area contributed by atoms with E-state index in [2.05, 4.69) is 20.9 Å². The number of carbonyl (C=O) groups is 1. The maximum Gasteiger partial charge on any atom is 0.319 e. The average Bonchev–Trinajstić information content (AvgIpc) is 2.89. The fourth-order valence-electron chi connectivity index (χ4n) is 4.19. The first kappa shape index (κ1) is 23.8. The molecule has 184 valence electrons. The van der Waals surface area contributed by atoms with Crippen molar-refractivity contribution in [1.82, 2.24) is 25.5 Å². The van der Waals surface area contributed by atoms with Gasteiger partial charge in [-0.2, -0.15) is 0 Å². The van der Waals surface area contributed by atoms with Gasteiger partial charge in [-0.1, -0.05) is 0 Å². The van der Waals surface area contributed by atoms with Gasteiger partial charge in [0.2, 0.25) is 0 Å². The summed E-state index contributed by atoms with van der Waals surface area (Å²) in [7, 11) is 0. The van der Waals surface area contributed by atoms with Crippen LogP contribution in [0.25, 0.3) is 33.5 Å². The fourth-order valence-corrected chi connectivity index (χ4v) is 4.19. The van der Waals surface area contributed by atoms with Gasteiger partial charge in [-0.05, 0) is 66.7 Å². The van der Waals surface area contributed by atoms with Crippen LogP contribution in [0.1, 0.15) is 0 Å². The van der Waals surface area contributed by atoms with Crippen molar-refractivity contribution in [3.05, 3.63) is 78.4 Å². The number of nitrogens with one attached hydrogen (secondary N) is 3. The lowest BCUT2D eigenvalue weighted by Crippen LogP contribution is -2.46. The van der Waals surface area contributed by atoms with Crippen molar-refractivity contribution in [3.63, 3.8) is 0 Å². The van der Waals surface area contributed by atoms with Crippen LogP contribution in [-0.2, 0) is 0 Å². The molecule has 1 fully saturated rings. The van der Waals surface area contributed by atoms with Crippen LogP contribution in [0.3, 0.4) is 0 Å². The van der Waals surface area contributed by atoms with E-state index >= 15 is 0 Å². The molecule has 0 saturated carbocycles. The van der Waals surface area contributed by atoms with E-state index in [1.807, 2.05) is 0 Å². The van der Waals surface area contributed by atoms with Gasteiger partial charge in [-0.3, -0.25) is 4.90 Å². The van der Waals surface area contributed by atoms with Crippen LogP contribution in [0.4, 0.5) is 19.3 Å². The molecule has 0 atom stereocenters. The molecule has 0 bridgehead atoms. The number of nitrogens with zero attached hydrogens (tertiary/aromatic N) is 3. The first-order valence-electron chi connectivity index (χ1n) is 11.9. The summed E-state index contributed by atoms with van der Waals surface area (Å²) >= 11 is 0. The molecule has 2 heterocycles. The molecule has 1 aliphatic heterocycles. The van der Waals surface area contributed by atoms with Gasteiger partial charge in [0.1, 0.15) is 11.6 Å². The highest BCUT2D eigenvalue weighted by molar-refractivity contribution is 5.93. The molecule has 0 spiro atoms. The molecule has 2 amide bonds. The molecule has 1 saturated heterocycles. The van der Waals surface area contributed by atoms with Crippen molar-refractivity contribution in [1.29, 1.82) is 0 Å². The molecule has 36 heavy (non-hydrogen) atoms. The zero-order valence-corrected chi connectivity index (χ0v) is 19.6. The van der Waals surface area contributed by atoms with Crippen molar-refractivity contribution < 1.29 is 13.6 Å². The number of benzene rings is 3. The normalized spacial score (nSPS) is 14.1. The Morgan fingerprint density at radius 1 is 0.833 bits per heavy atom. The van der Waals surface area contributed by atoms with Crippen LogP contribution in [0.5, 0.6) is 0 Å². The first-order valence-corrected chi connectivity index (χ1v) is 11.9. The monoisotopic (exact) mass is 488 g/mol. The minimum atomic E-state index is -0.356. The Morgan fingerprint density at radius 2 is 1.42 bits per heavy atom. The van der Waals surface area contributed by atoms with Gasteiger partial charge in [-0.15, -0.1) is 0 Å². The molecular weight excluding hydrogens is 462 g/mol. The molecular formula is C27H26F2N6O. The van der Waals surface area contributed by atoms with Crippen molar-refractivity contribution in [2.45, 2.75) is 0 Å². The van der Waals surface area contributed by atoms with Crippen LogP contribution < -0.4 is 16.0 Å². The predicted octanol–water partition coefficient (Wildman–Crippen LogP) is 4.27. The number of amides is 2. The molecule has 3 N–H and O–H groups in total. The van der Waals surface area contributed by atoms with Gasteiger partial charge in [-0.25, -0.2) is 23.5 Å². The van der Waals surface area contributed by atoms with Gasteiger partial charge >= 0.3 is 6.03 Å². The first-order chi connectivity index (χ1) is 17.5. The van der Waals surface area contributed by atoms with E-state index in [9.17, 15) is 13.6 Å². The molecule has 1 aliphatic rings. The quantitative estimate of drug-likeness (QED) is 0.378. The molecule has 0 aliphatic carbocycles. The summed E-state index contributed by atoms with van der Waals surface area (Å²) in [5.74, 6) is -0.706. The summed E-state index contributed by atoms with van der Waals surface area (Å²) < 4.78 is 27.1. The SMILES string of the molecule is O=C(NCCN1CCNCC1)Nc1ccc2nc(-c3ccc(F)cc3)c(-c3ccc(F)cc3)nc2c1. The third-order valence-corrected chi connectivity index (χ3v) is 6.08. The predicted molar refractivity (Wildman–Crippen MR) is 137 cm³/mol. The zero-order chi connectivity index (χ0) is 24.9. The Bertz CT molecular complexity index is 1360. The van der Waals surface area contributed by atoms with E-state index in [-0.39, 0.29) is 17.7 Å². The zero-order valence-electron chi connectivity index (χ0n) is 19.6. The number of urea groups is 1. The topological polar surface area (TPSA) is 82.2 Å². The van der Waals surface area contributed by atoms with E-state index in [1.165, 1.54) is 24.3 Å². The van der Waals surface area contributed by atoms with Crippen LogP contribution in [-0.4, -0.2) is 60.2 Å². The summed E-state index contributed by atoms with van der Waals surface area (Å²) in [6.45, 7) is 5.23. The number of aromatic nitrogens is 2. The number of hydrogen-bond acceptors (Lipinski definition) is 5. The second-order valence-corrected chi connectivity index (χ2v) is 8.61. The van der Waals surface area contributed by atoms with Crippen LogP contribution in [0.15, 0.2) is 66.7 Å². The van der Waals surface area contributed by atoms with Crippen LogP contribution in [0.2, 0.25) is 0 Å². The standard InChI is InChI=1S/C27H26F2N6O/c28-20-5-1-18(2-6-20)25-26(19-3-7-21(29)8-4-19)34-24-17-22(9-10-23(24)33-25)32-27(36)31-13-16-35-14-11-30-12-15-35/h1-10,17,30H,11-16H2,(H2,31,32,36). The summed E-state index contributed by atoms with van der Waals surface area (Å²) in [6, 6.07) is 17.0. The van der Waals surface area contributed by atoms with Crippen molar-refractivity contribution in [3.8, 4) is 22.5 Å². The van der Waals surface area contributed by atoms with Gasteiger partial charge in [0.25, 0.3) is 0 Å². The van der Waals surface area contributed by atoms with E-state index < -0.39 is 0 Å². The smallest absolute Gasteiger partial charge is 0.319 e. The maximum atomic E-state index is 13.6. The molecule has 7 nitrogen and oxygen atoms in total. The number of hydrogen-bond donors (Lipinski definition) is 3. The number of anilines is 1. The van der Waals surface area contributed by atoms with E-state index in [0.29, 0.717) is 45.8 Å². The fraction of sp³-hybridized carbons (Fsp3) is 0.222. The minimum Gasteiger partial charge on any atom is -0.337 e. The minimum absolute atomic E-state index is 0.292. The third kappa shape index (κ3) is 5.64. The van der Waals surface area contributed by atoms with Crippen LogP contribution in [0, 0.1) is 11.6 Å². The number of carbonyl (C=O) groups excluding carboxylic acids is 1. The van der Waals surface area contributed by atoms with Gasteiger partial charge in [0.15, 0.2) is 0 Å². The van der Waals surface area contributed by atoms with Crippen molar-refractivity contribution in [2.24, 2.45) is 0 Å². The third-order valence-electron chi connectivity index (χ3n) is 6.08. The Morgan fingerprint density at radius 3 is 2.03 bits per heavy atom. The molecule has 5 rings (SSSR count). The average molecular weight is 489 g/mol. The summed E-state index contributed by atoms with van der Waals surface area (Å²) in [4.78, 5) is 24.3. The molecule has 1 aromatic heterocycles. The van der Waals surface area contributed by atoms with E-state index in [1.54, 1.807) is 42.5 Å². The molecule has 4 aromatic rings. The second kappa shape index (κ2) is 10.8. The summed E-state index contributed by atoms with van der Waals surface area (Å²) in [5, 5.41) is 9.05. The Labute approximate surface area is 207 Å². The van der Waals surface area contributed by atoms with Crippen molar-refractivity contribution >= 4 is 22.8 Å². The molecule has 9 heteroatoms. The summed E-state index contributed by atoms with van der Waals surface area (Å²) in [6.07, 6.45) is 0. The molecule has 3 aromatic carbocycles. The van der Waals surface area contributed by atoms with E-state index in [0.717, 1.165) is 32.7 Å². The van der Waals surface area contributed by atoms with Gasteiger partial charge in [0.05, 0.1) is 22.4 Å². The highest BCUT2D eigenvalue weighted by Crippen LogP contribution is 2.32. The Balaban J connectivity index is 1.39. The largest absolute Gasteiger partial charge is 0.337 e. The van der Waals surface area contributed by atoms with Gasteiger partial charge in [0, 0.05) is 56.1 Å². The number of fused-ring (bicyclic) bond motifs is 1. The highest BCUT2D eigenvalue weighted by atomic mass is 19.1. The second-order valence-electron chi connectivity index (χ2n) is 8.61. The highest BCUT2D eigenvalue weighted by Gasteiger charge is 2.15. The molecule has 0 radical (unpaired) electrons. The lowest BCUT2D eigenvalue weighted by atomic mass is 10.0. The van der Waals surface area contributed by atoms with Gasteiger partial charge < -0.3 is 16.0 Å². The lowest BCUT2D eigenvalue weighted by molar-refractivity contribution is 0.233. The number of rotatable bonds is 6. The number of halogens is 2. The summed E-state index contributed by atoms with van der Waals surface area (Å²) in [5.41, 5.74) is 4.22. The Hall–Kier alpha value is -3.95. The van der Waals surface area contributed by atoms with E-state index in [4.69, 9.17) is 9.97 Å². The van der Waals surface area contributed by atoms with Crippen LogP contribution >= 0.6 is 0 Å². The van der Waals surface area contributed by atoms with Crippen molar-refractivity contribution in [2.75, 3.05) is 44.6 Å². The number of piperazine rings is 1. The lowest BCUT2D eigenvalue weighted by Gasteiger charge is -2.27. The Kier molecular flexibility index (Phi) is 7.11. The molecule has 0 unspecified atom stereocenters. The maximum absolute atomic E-state index is 13.6.